The third kappa shape index (κ3) is 4.94. The van der Waals surface area contributed by atoms with Crippen LogP contribution in [0, 0.1) is 0 Å². The summed E-state index contributed by atoms with van der Waals surface area (Å²) < 4.78 is 39.2. The quantitative estimate of drug-likeness (QED) is 0.767. The van der Waals surface area contributed by atoms with E-state index in [-0.39, 0.29) is 12.1 Å². The van der Waals surface area contributed by atoms with E-state index in [1.807, 2.05) is 0 Å². The van der Waals surface area contributed by atoms with Crippen molar-refractivity contribution in [2.75, 3.05) is 13.1 Å². The van der Waals surface area contributed by atoms with Gasteiger partial charge in [-0.05, 0) is 17.7 Å². The summed E-state index contributed by atoms with van der Waals surface area (Å²) >= 11 is 0. The fourth-order valence-corrected chi connectivity index (χ4v) is 2.03. The average molecular weight is 324 g/mol. The minimum atomic E-state index is -4.45. The third-order valence-electron chi connectivity index (χ3n) is 3.02. The van der Waals surface area contributed by atoms with Crippen LogP contribution < -0.4 is 0 Å². The molecule has 0 spiro atoms. The fraction of sp³-hybridized carbons (Fsp3) is 0.267. The number of alkyl halides is 3. The molecule has 1 aromatic carbocycles. The van der Waals surface area contributed by atoms with Crippen molar-refractivity contribution in [1.82, 2.24) is 19.7 Å². The number of halogens is 3. The molecule has 1 heterocycles. The molecule has 5 nitrogen and oxygen atoms in total. The summed E-state index contributed by atoms with van der Waals surface area (Å²) in [6.45, 7) is 2.38. The maximum Gasteiger partial charge on any atom is 0.406 e. The van der Waals surface area contributed by atoms with Crippen molar-refractivity contribution in [3.05, 3.63) is 60.7 Å². The lowest BCUT2D eigenvalue weighted by Gasteiger charge is -2.22. The Morgan fingerprint density at radius 3 is 2.52 bits per heavy atom. The first-order chi connectivity index (χ1) is 10.9. The summed E-state index contributed by atoms with van der Waals surface area (Å²) in [5.74, 6) is -0.686. The molecule has 0 fully saturated rings. The molecule has 8 heteroatoms. The van der Waals surface area contributed by atoms with Gasteiger partial charge in [-0.15, -0.1) is 6.58 Å². The molecule has 0 bridgehead atoms. The van der Waals surface area contributed by atoms with E-state index >= 15 is 0 Å². The van der Waals surface area contributed by atoms with Crippen LogP contribution in [0.15, 0.2) is 49.6 Å². The molecule has 1 aromatic heterocycles. The largest absolute Gasteiger partial charge is 0.406 e. The van der Waals surface area contributed by atoms with Gasteiger partial charge in [0.05, 0.1) is 6.54 Å². The third-order valence-corrected chi connectivity index (χ3v) is 3.02. The maximum atomic E-state index is 12.5. The molecule has 0 atom stereocenters. The highest BCUT2D eigenvalue weighted by Gasteiger charge is 2.32. The van der Waals surface area contributed by atoms with Gasteiger partial charge in [-0.2, -0.15) is 18.3 Å². The van der Waals surface area contributed by atoms with Gasteiger partial charge >= 0.3 is 6.18 Å². The highest BCUT2D eigenvalue weighted by atomic mass is 19.4. The summed E-state index contributed by atoms with van der Waals surface area (Å²) in [7, 11) is 0. The van der Waals surface area contributed by atoms with Crippen LogP contribution in [0.4, 0.5) is 13.2 Å². The van der Waals surface area contributed by atoms with Crippen molar-refractivity contribution in [1.29, 1.82) is 0 Å². The van der Waals surface area contributed by atoms with E-state index in [4.69, 9.17) is 0 Å². The van der Waals surface area contributed by atoms with Crippen molar-refractivity contribution < 1.29 is 18.0 Å². The molecular formula is C15H15F3N4O. The number of benzene rings is 1. The van der Waals surface area contributed by atoms with Crippen LogP contribution >= 0.6 is 0 Å². The summed E-state index contributed by atoms with van der Waals surface area (Å²) in [5, 5.41) is 3.96. The van der Waals surface area contributed by atoms with Crippen LogP contribution in [-0.4, -0.2) is 44.8 Å². The minimum Gasteiger partial charge on any atom is -0.326 e. The SMILES string of the molecule is C=CCN(CC(F)(F)F)C(=O)c1ccc(Cn2cncn2)cc1. The Bertz CT molecular complexity index is 650. The Balaban J connectivity index is 2.09. The summed E-state index contributed by atoms with van der Waals surface area (Å²) in [5.41, 5.74) is 1.05. The molecule has 0 N–H and O–H groups in total. The van der Waals surface area contributed by atoms with Gasteiger partial charge in [0.15, 0.2) is 0 Å². The van der Waals surface area contributed by atoms with Crippen LogP contribution in [0.3, 0.4) is 0 Å². The van der Waals surface area contributed by atoms with Crippen molar-refractivity contribution in [3.63, 3.8) is 0 Å². The van der Waals surface area contributed by atoms with Crippen LogP contribution in [0.25, 0.3) is 0 Å². The second-order valence-electron chi connectivity index (χ2n) is 4.88. The van der Waals surface area contributed by atoms with E-state index in [1.165, 1.54) is 24.5 Å². The summed E-state index contributed by atoms with van der Waals surface area (Å²) in [4.78, 5) is 16.7. The molecule has 0 saturated carbocycles. The van der Waals surface area contributed by atoms with Crippen molar-refractivity contribution >= 4 is 5.91 Å². The number of hydrogen-bond donors (Lipinski definition) is 0. The molecule has 1 amide bonds. The zero-order chi connectivity index (χ0) is 16.9. The van der Waals surface area contributed by atoms with Gasteiger partial charge in [0.25, 0.3) is 5.91 Å². The lowest BCUT2D eigenvalue weighted by atomic mass is 10.1. The number of amides is 1. The summed E-state index contributed by atoms with van der Waals surface area (Å²) in [6, 6.07) is 6.35. The molecule has 0 aliphatic heterocycles. The van der Waals surface area contributed by atoms with Crippen LogP contribution in [0.5, 0.6) is 0 Å². The number of nitrogens with zero attached hydrogens (tertiary/aromatic N) is 4. The van der Waals surface area contributed by atoms with Crippen LogP contribution in [-0.2, 0) is 6.54 Å². The molecule has 2 aromatic rings. The smallest absolute Gasteiger partial charge is 0.326 e. The number of aromatic nitrogens is 3. The topological polar surface area (TPSA) is 51.0 Å². The lowest BCUT2D eigenvalue weighted by molar-refractivity contribution is -0.139. The fourth-order valence-electron chi connectivity index (χ4n) is 2.03. The van der Waals surface area contributed by atoms with Gasteiger partial charge in [0.2, 0.25) is 0 Å². The Hall–Kier alpha value is -2.64. The van der Waals surface area contributed by atoms with E-state index in [0.29, 0.717) is 11.4 Å². The summed E-state index contributed by atoms with van der Waals surface area (Å²) in [6.07, 6.45) is -0.231. The predicted molar refractivity (Wildman–Crippen MR) is 77.7 cm³/mol. The molecule has 0 unspecified atom stereocenters. The molecule has 0 radical (unpaired) electrons. The zero-order valence-electron chi connectivity index (χ0n) is 12.2. The number of hydrogen-bond acceptors (Lipinski definition) is 3. The van der Waals surface area contributed by atoms with E-state index in [1.54, 1.807) is 23.1 Å². The Kier molecular flexibility index (Phi) is 5.15. The molecule has 2 rings (SSSR count). The Morgan fingerprint density at radius 2 is 2.00 bits per heavy atom. The molecule has 0 aliphatic rings. The lowest BCUT2D eigenvalue weighted by Crippen LogP contribution is -2.39. The predicted octanol–water partition coefficient (Wildman–Crippen LogP) is 2.52. The zero-order valence-corrected chi connectivity index (χ0v) is 12.2. The van der Waals surface area contributed by atoms with Crippen molar-refractivity contribution in [2.45, 2.75) is 12.7 Å². The van der Waals surface area contributed by atoms with Gasteiger partial charge in [0, 0.05) is 12.1 Å². The number of carbonyl (C=O) groups is 1. The van der Waals surface area contributed by atoms with Crippen molar-refractivity contribution in [2.24, 2.45) is 0 Å². The first-order valence-corrected chi connectivity index (χ1v) is 6.77. The van der Waals surface area contributed by atoms with E-state index < -0.39 is 18.6 Å². The minimum absolute atomic E-state index is 0.168. The van der Waals surface area contributed by atoms with Gasteiger partial charge in [0.1, 0.15) is 19.2 Å². The van der Waals surface area contributed by atoms with Crippen LogP contribution in [0.1, 0.15) is 15.9 Å². The molecular weight excluding hydrogens is 309 g/mol. The van der Waals surface area contributed by atoms with E-state index in [9.17, 15) is 18.0 Å². The average Bonchev–Trinajstić information content (AvgIpc) is 2.98. The Morgan fingerprint density at radius 1 is 1.30 bits per heavy atom. The number of rotatable bonds is 6. The molecule has 0 saturated heterocycles. The highest BCUT2D eigenvalue weighted by molar-refractivity contribution is 5.94. The first kappa shape index (κ1) is 16.7. The normalized spacial score (nSPS) is 11.3. The van der Waals surface area contributed by atoms with E-state index in [2.05, 4.69) is 16.7 Å². The highest BCUT2D eigenvalue weighted by Crippen LogP contribution is 2.18. The van der Waals surface area contributed by atoms with Gasteiger partial charge in [-0.3, -0.25) is 4.79 Å². The monoisotopic (exact) mass is 324 g/mol. The van der Waals surface area contributed by atoms with Crippen LogP contribution in [0.2, 0.25) is 0 Å². The van der Waals surface area contributed by atoms with Crippen molar-refractivity contribution in [3.8, 4) is 0 Å². The molecule has 23 heavy (non-hydrogen) atoms. The Labute approximate surface area is 131 Å². The molecule has 122 valence electrons. The van der Waals surface area contributed by atoms with Gasteiger partial charge in [-0.1, -0.05) is 18.2 Å². The molecule has 0 aliphatic carbocycles. The van der Waals surface area contributed by atoms with E-state index in [0.717, 1.165) is 5.56 Å². The second kappa shape index (κ2) is 7.08. The maximum absolute atomic E-state index is 12.5. The van der Waals surface area contributed by atoms with Gasteiger partial charge in [-0.25, -0.2) is 9.67 Å². The number of carbonyl (C=O) groups excluding carboxylic acids is 1. The standard InChI is InChI=1S/C15H15F3N4O/c1-2-7-21(9-15(16,17)18)14(23)13-5-3-12(4-6-13)8-22-11-19-10-20-22/h2-6,10-11H,1,7-9H2. The second-order valence-corrected chi connectivity index (χ2v) is 4.88. The first-order valence-electron chi connectivity index (χ1n) is 6.77. The van der Waals surface area contributed by atoms with Gasteiger partial charge < -0.3 is 4.90 Å².